The van der Waals surface area contributed by atoms with Crippen LogP contribution < -0.4 is 0 Å². The maximum atomic E-state index is 10.7. The van der Waals surface area contributed by atoms with Crippen molar-refractivity contribution in [2.24, 2.45) is 5.92 Å². The predicted octanol–water partition coefficient (Wildman–Crippen LogP) is 3.76. The maximum absolute atomic E-state index is 10.7. The van der Waals surface area contributed by atoms with Gasteiger partial charge >= 0.3 is 5.97 Å². The highest BCUT2D eigenvalue weighted by Gasteiger charge is 2.18. The fraction of sp³-hybridized carbons (Fsp3) is 0.733. The van der Waals surface area contributed by atoms with Crippen molar-refractivity contribution in [1.82, 2.24) is 9.55 Å². The van der Waals surface area contributed by atoms with Crippen LogP contribution in [0.2, 0.25) is 0 Å². The van der Waals surface area contributed by atoms with Crippen molar-refractivity contribution in [1.29, 1.82) is 0 Å². The van der Waals surface area contributed by atoms with Crippen molar-refractivity contribution in [3.63, 3.8) is 0 Å². The number of carboxylic acid groups (broad SMARTS) is 1. The Balaban J connectivity index is 2.04. The van der Waals surface area contributed by atoms with Crippen LogP contribution in [0.15, 0.2) is 11.4 Å². The summed E-state index contributed by atoms with van der Waals surface area (Å²) in [6.45, 7) is 5.30. The van der Waals surface area contributed by atoms with Gasteiger partial charge in [-0.05, 0) is 18.3 Å². The molecule has 1 fully saturated rings. The first-order valence-electron chi connectivity index (χ1n) is 7.48. The molecular weight excluding hydrogens is 272 g/mol. The Morgan fingerprint density at radius 3 is 2.80 bits per heavy atom. The van der Waals surface area contributed by atoms with Gasteiger partial charge in [0.1, 0.15) is 0 Å². The lowest BCUT2D eigenvalue weighted by Crippen LogP contribution is -2.10. The third-order valence-corrected chi connectivity index (χ3v) is 4.98. The summed E-state index contributed by atoms with van der Waals surface area (Å²) in [5.74, 6) is 0.560. The number of thioether (sulfide) groups is 1. The van der Waals surface area contributed by atoms with E-state index in [0.29, 0.717) is 5.92 Å². The van der Waals surface area contributed by atoms with Gasteiger partial charge < -0.3 is 9.67 Å². The van der Waals surface area contributed by atoms with E-state index in [1.54, 1.807) is 0 Å². The summed E-state index contributed by atoms with van der Waals surface area (Å²) >= 11 is 1.33. The van der Waals surface area contributed by atoms with Crippen LogP contribution in [0.5, 0.6) is 0 Å². The molecule has 0 saturated heterocycles. The molecule has 0 aliphatic heterocycles. The SMILES string of the molecule is CC(C)c1cnc(SCC(=O)O)n1CCC1CCCC1. The van der Waals surface area contributed by atoms with E-state index in [9.17, 15) is 4.79 Å². The van der Waals surface area contributed by atoms with Crippen molar-refractivity contribution >= 4 is 17.7 Å². The van der Waals surface area contributed by atoms with Crippen LogP contribution in [-0.2, 0) is 11.3 Å². The molecule has 0 bridgehead atoms. The highest BCUT2D eigenvalue weighted by Crippen LogP contribution is 2.30. The van der Waals surface area contributed by atoms with Crippen molar-refractivity contribution in [3.8, 4) is 0 Å². The molecule has 1 N–H and O–H groups in total. The van der Waals surface area contributed by atoms with E-state index in [4.69, 9.17) is 5.11 Å². The number of imidazole rings is 1. The molecule has 0 aromatic carbocycles. The summed E-state index contributed by atoms with van der Waals surface area (Å²) in [7, 11) is 0. The molecule has 1 aromatic rings. The lowest BCUT2D eigenvalue weighted by Gasteiger charge is -2.16. The summed E-state index contributed by atoms with van der Waals surface area (Å²) in [6, 6.07) is 0. The van der Waals surface area contributed by atoms with Gasteiger partial charge in [-0.2, -0.15) is 0 Å². The van der Waals surface area contributed by atoms with Crippen molar-refractivity contribution in [3.05, 3.63) is 11.9 Å². The number of rotatable bonds is 7. The molecule has 0 radical (unpaired) electrons. The van der Waals surface area contributed by atoms with Gasteiger partial charge in [0.25, 0.3) is 0 Å². The lowest BCUT2D eigenvalue weighted by atomic mass is 10.0. The molecule has 5 heteroatoms. The maximum Gasteiger partial charge on any atom is 0.313 e. The Kier molecular flexibility index (Phi) is 5.52. The second-order valence-corrected chi connectivity index (χ2v) is 6.84. The molecule has 20 heavy (non-hydrogen) atoms. The zero-order valence-electron chi connectivity index (χ0n) is 12.3. The molecule has 0 atom stereocenters. The van der Waals surface area contributed by atoms with Crippen LogP contribution in [0.4, 0.5) is 0 Å². The number of hydrogen-bond donors (Lipinski definition) is 1. The van der Waals surface area contributed by atoms with Gasteiger partial charge in [0.15, 0.2) is 5.16 Å². The number of nitrogens with zero attached hydrogens (tertiary/aromatic N) is 2. The first-order chi connectivity index (χ1) is 9.58. The van der Waals surface area contributed by atoms with E-state index < -0.39 is 5.97 Å². The summed E-state index contributed by atoms with van der Waals surface area (Å²) in [6.07, 6.45) is 8.53. The van der Waals surface area contributed by atoms with Crippen molar-refractivity contribution in [2.45, 2.75) is 63.6 Å². The van der Waals surface area contributed by atoms with E-state index in [1.807, 2.05) is 6.20 Å². The fourth-order valence-electron chi connectivity index (χ4n) is 2.91. The molecule has 0 unspecified atom stereocenters. The topological polar surface area (TPSA) is 55.1 Å². The Morgan fingerprint density at radius 2 is 2.20 bits per heavy atom. The highest BCUT2D eigenvalue weighted by molar-refractivity contribution is 7.99. The van der Waals surface area contributed by atoms with Gasteiger partial charge in [-0.3, -0.25) is 4.79 Å². The average Bonchev–Trinajstić information content (AvgIpc) is 3.03. The van der Waals surface area contributed by atoms with Crippen LogP contribution in [0, 0.1) is 5.92 Å². The molecule has 1 aliphatic carbocycles. The third-order valence-electron chi connectivity index (χ3n) is 4.00. The summed E-state index contributed by atoms with van der Waals surface area (Å²) < 4.78 is 2.23. The first-order valence-corrected chi connectivity index (χ1v) is 8.46. The molecule has 1 saturated carbocycles. The molecule has 0 spiro atoms. The van der Waals surface area contributed by atoms with E-state index in [1.165, 1.54) is 49.6 Å². The molecule has 4 nitrogen and oxygen atoms in total. The second-order valence-electron chi connectivity index (χ2n) is 5.89. The normalized spacial score (nSPS) is 16.1. The molecule has 1 heterocycles. The van der Waals surface area contributed by atoms with Gasteiger partial charge in [0.2, 0.25) is 0 Å². The van der Waals surface area contributed by atoms with E-state index >= 15 is 0 Å². The minimum absolute atomic E-state index is 0.0813. The van der Waals surface area contributed by atoms with E-state index in [-0.39, 0.29) is 5.75 Å². The molecule has 0 amide bonds. The largest absolute Gasteiger partial charge is 0.481 e. The second kappa shape index (κ2) is 7.16. The first kappa shape index (κ1) is 15.4. The van der Waals surface area contributed by atoms with Gasteiger partial charge in [0, 0.05) is 18.4 Å². The smallest absolute Gasteiger partial charge is 0.313 e. The Bertz CT molecular complexity index is 451. The van der Waals surface area contributed by atoms with Crippen molar-refractivity contribution in [2.75, 3.05) is 5.75 Å². The molecule has 2 rings (SSSR count). The Morgan fingerprint density at radius 1 is 1.50 bits per heavy atom. The zero-order valence-corrected chi connectivity index (χ0v) is 13.2. The van der Waals surface area contributed by atoms with Gasteiger partial charge in [-0.25, -0.2) is 4.98 Å². The van der Waals surface area contributed by atoms with E-state index in [2.05, 4.69) is 23.4 Å². The molecule has 112 valence electrons. The molecular formula is C15H24N2O2S. The van der Waals surface area contributed by atoms with Crippen LogP contribution in [-0.4, -0.2) is 26.4 Å². The lowest BCUT2D eigenvalue weighted by molar-refractivity contribution is -0.133. The Hall–Kier alpha value is -0.970. The summed E-state index contributed by atoms with van der Waals surface area (Å²) in [5, 5.41) is 9.68. The number of aliphatic carboxylic acids is 1. The molecule has 1 aromatic heterocycles. The van der Waals surface area contributed by atoms with Crippen molar-refractivity contribution < 1.29 is 9.90 Å². The van der Waals surface area contributed by atoms with Crippen LogP contribution >= 0.6 is 11.8 Å². The quantitative estimate of drug-likeness (QED) is 0.778. The van der Waals surface area contributed by atoms with Gasteiger partial charge in [-0.1, -0.05) is 51.3 Å². The third kappa shape index (κ3) is 4.01. The van der Waals surface area contributed by atoms with Gasteiger partial charge in [-0.15, -0.1) is 0 Å². The fourth-order valence-corrected chi connectivity index (χ4v) is 3.64. The predicted molar refractivity (Wildman–Crippen MR) is 81.3 cm³/mol. The van der Waals surface area contributed by atoms with Crippen LogP contribution in [0.25, 0.3) is 0 Å². The van der Waals surface area contributed by atoms with Gasteiger partial charge in [0.05, 0.1) is 5.75 Å². The highest BCUT2D eigenvalue weighted by atomic mass is 32.2. The summed E-state index contributed by atoms with van der Waals surface area (Å²) in [4.78, 5) is 15.2. The Labute approximate surface area is 125 Å². The number of aromatic nitrogens is 2. The standard InChI is InChI=1S/C15H24N2O2S/c1-11(2)13-9-16-15(20-10-14(18)19)17(13)8-7-12-5-3-4-6-12/h9,11-12H,3-8,10H2,1-2H3,(H,18,19). The number of hydrogen-bond acceptors (Lipinski definition) is 3. The molecule has 1 aliphatic rings. The zero-order chi connectivity index (χ0) is 14.5. The monoisotopic (exact) mass is 296 g/mol. The number of carbonyl (C=O) groups is 1. The van der Waals surface area contributed by atoms with E-state index in [0.717, 1.165) is 17.6 Å². The minimum atomic E-state index is -0.786. The minimum Gasteiger partial charge on any atom is -0.481 e. The summed E-state index contributed by atoms with van der Waals surface area (Å²) in [5.41, 5.74) is 1.22. The number of carboxylic acids is 1. The van der Waals surface area contributed by atoms with Crippen LogP contribution in [0.1, 0.15) is 57.6 Å². The average molecular weight is 296 g/mol. The van der Waals surface area contributed by atoms with Crippen LogP contribution in [0.3, 0.4) is 0 Å².